The van der Waals surface area contributed by atoms with Crippen molar-refractivity contribution < 1.29 is 23.2 Å². The van der Waals surface area contributed by atoms with Gasteiger partial charge in [0.1, 0.15) is 11.4 Å². The molecule has 0 aliphatic rings. The van der Waals surface area contributed by atoms with Gasteiger partial charge in [-0.25, -0.2) is 4.98 Å². The first-order valence-corrected chi connectivity index (χ1v) is 11.6. The third-order valence-electron chi connectivity index (χ3n) is 4.71. The van der Waals surface area contributed by atoms with Gasteiger partial charge in [-0.3, -0.25) is 9.59 Å². The van der Waals surface area contributed by atoms with Crippen molar-refractivity contribution >= 4 is 29.1 Å². The van der Waals surface area contributed by atoms with Gasteiger partial charge in [0, 0.05) is 12.0 Å². The second-order valence-electron chi connectivity index (χ2n) is 7.00. The van der Waals surface area contributed by atoms with E-state index in [9.17, 15) is 9.59 Å². The molecule has 0 saturated heterocycles. The molecule has 0 fully saturated rings. The Kier molecular flexibility index (Phi) is 7.38. The highest BCUT2D eigenvalue weighted by molar-refractivity contribution is 7.99. The number of nitrogens with one attached hydrogen (secondary N) is 1. The standard InChI is InChI=1S/C24H22N4O5S/c1-3-21(30)25-16-13-15(9-10-18(16)31-4-2)17(29)14-34-24-26-22(19-7-5-11-32-19)23(27-28-24)20-8-6-12-33-20/h5-13H,3-4,14H2,1-2H3,(H,25,30). The number of hydrogen-bond donors (Lipinski definition) is 1. The number of Topliss-reactive ketones (excluding diaryl/α,β-unsaturated/α-hetero) is 1. The lowest BCUT2D eigenvalue weighted by atomic mass is 10.1. The molecular formula is C24H22N4O5S. The minimum atomic E-state index is -0.165. The van der Waals surface area contributed by atoms with Crippen LogP contribution in [0.2, 0.25) is 0 Å². The van der Waals surface area contributed by atoms with E-state index < -0.39 is 0 Å². The number of benzene rings is 1. The summed E-state index contributed by atoms with van der Waals surface area (Å²) in [5.74, 6) is 1.29. The van der Waals surface area contributed by atoms with Crippen LogP contribution in [0.3, 0.4) is 0 Å². The highest BCUT2D eigenvalue weighted by atomic mass is 32.2. The van der Waals surface area contributed by atoms with Crippen LogP contribution in [-0.4, -0.2) is 39.2 Å². The van der Waals surface area contributed by atoms with Crippen LogP contribution in [0, 0.1) is 0 Å². The molecule has 4 rings (SSSR count). The Morgan fingerprint density at radius 2 is 1.74 bits per heavy atom. The zero-order valence-corrected chi connectivity index (χ0v) is 19.4. The Labute approximate surface area is 199 Å². The number of nitrogens with zero attached hydrogens (tertiary/aromatic N) is 3. The number of ether oxygens (including phenoxy) is 1. The molecule has 4 aromatic rings. The van der Waals surface area contributed by atoms with Crippen LogP contribution in [0.25, 0.3) is 22.9 Å². The van der Waals surface area contributed by atoms with Crippen LogP contribution in [0.15, 0.2) is 69.0 Å². The van der Waals surface area contributed by atoms with E-state index in [1.54, 1.807) is 55.7 Å². The first kappa shape index (κ1) is 23.2. The van der Waals surface area contributed by atoms with Crippen molar-refractivity contribution in [2.75, 3.05) is 17.7 Å². The van der Waals surface area contributed by atoms with E-state index in [1.807, 2.05) is 6.92 Å². The number of ketones is 1. The minimum Gasteiger partial charge on any atom is -0.492 e. The molecule has 1 aromatic carbocycles. The summed E-state index contributed by atoms with van der Waals surface area (Å²) >= 11 is 1.15. The fourth-order valence-corrected chi connectivity index (χ4v) is 3.75. The van der Waals surface area contributed by atoms with E-state index in [4.69, 9.17) is 13.6 Å². The molecule has 1 amide bonds. The lowest BCUT2D eigenvalue weighted by Crippen LogP contribution is -2.12. The number of amides is 1. The molecule has 9 nitrogen and oxygen atoms in total. The summed E-state index contributed by atoms with van der Waals surface area (Å²) in [6, 6.07) is 12.0. The average molecular weight is 479 g/mol. The number of carbonyl (C=O) groups is 2. The minimum absolute atomic E-state index is 0.0779. The summed E-state index contributed by atoms with van der Waals surface area (Å²) in [7, 11) is 0. The van der Waals surface area contributed by atoms with Gasteiger partial charge in [0.05, 0.1) is 30.6 Å². The Morgan fingerprint density at radius 1 is 1.00 bits per heavy atom. The maximum atomic E-state index is 12.9. The van der Waals surface area contributed by atoms with Crippen molar-refractivity contribution in [1.29, 1.82) is 0 Å². The summed E-state index contributed by atoms with van der Waals surface area (Å²) < 4.78 is 16.5. The molecule has 3 aromatic heterocycles. The van der Waals surface area contributed by atoms with Crippen LogP contribution in [-0.2, 0) is 4.79 Å². The van der Waals surface area contributed by atoms with E-state index >= 15 is 0 Å². The van der Waals surface area contributed by atoms with E-state index in [-0.39, 0.29) is 17.4 Å². The Balaban J connectivity index is 1.53. The molecule has 0 radical (unpaired) electrons. The summed E-state index contributed by atoms with van der Waals surface area (Å²) in [5, 5.41) is 11.5. The summed E-state index contributed by atoms with van der Waals surface area (Å²) in [6.45, 7) is 4.04. The van der Waals surface area contributed by atoms with Crippen molar-refractivity contribution in [3.8, 4) is 28.7 Å². The van der Waals surface area contributed by atoms with Crippen molar-refractivity contribution in [1.82, 2.24) is 15.2 Å². The molecule has 10 heteroatoms. The molecule has 0 saturated carbocycles. The monoisotopic (exact) mass is 478 g/mol. The second-order valence-corrected chi connectivity index (χ2v) is 7.95. The van der Waals surface area contributed by atoms with Crippen LogP contribution in [0.4, 0.5) is 5.69 Å². The highest BCUT2D eigenvalue weighted by Crippen LogP contribution is 2.31. The lowest BCUT2D eigenvalue weighted by Gasteiger charge is -2.12. The van der Waals surface area contributed by atoms with Gasteiger partial charge in [-0.05, 0) is 49.4 Å². The van der Waals surface area contributed by atoms with Gasteiger partial charge in [-0.1, -0.05) is 18.7 Å². The average Bonchev–Trinajstić information content (AvgIpc) is 3.58. The number of carbonyl (C=O) groups excluding carboxylic acids is 2. The lowest BCUT2D eigenvalue weighted by molar-refractivity contribution is -0.115. The maximum absolute atomic E-state index is 12.9. The van der Waals surface area contributed by atoms with Crippen LogP contribution >= 0.6 is 11.8 Å². The van der Waals surface area contributed by atoms with E-state index in [1.165, 1.54) is 6.26 Å². The predicted molar refractivity (Wildman–Crippen MR) is 127 cm³/mol. The van der Waals surface area contributed by atoms with Gasteiger partial charge in [0.15, 0.2) is 23.0 Å². The van der Waals surface area contributed by atoms with Crippen molar-refractivity contribution in [2.24, 2.45) is 0 Å². The number of anilines is 1. The van der Waals surface area contributed by atoms with Gasteiger partial charge in [-0.2, -0.15) is 0 Å². The number of aromatic nitrogens is 3. The molecule has 0 aliphatic heterocycles. The van der Waals surface area contributed by atoms with Crippen molar-refractivity contribution in [2.45, 2.75) is 25.4 Å². The summed E-state index contributed by atoms with van der Waals surface area (Å²) in [5.41, 5.74) is 1.81. The summed E-state index contributed by atoms with van der Waals surface area (Å²) in [6.07, 6.45) is 3.40. The number of furan rings is 2. The third kappa shape index (κ3) is 5.34. The fraction of sp³-hybridized carbons (Fsp3) is 0.208. The Morgan fingerprint density at radius 3 is 2.38 bits per heavy atom. The molecule has 34 heavy (non-hydrogen) atoms. The van der Waals surface area contributed by atoms with Crippen molar-refractivity contribution in [3.63, 3.8) is 0 Å². The Bertz CT molecular complexity index is 1270. The number of hydrogen-bond acceptors (Lipinski definition) is 9. The van der Waals surface area contributed by atoms with Crippen LogP contribution in [0.1, 0.15) is 30.6 Å². The van der Waals surface area contributed by atoms with Gasteiger partial charge in [-0.15, -0.1) is 10.2 Å². The van der Waals surface area contributed by atoms with E-state index in [0.717, 1.165) is 11.8 Å². The van der Waals surface area contributed by atoms with Gasteiger partial charge >= 0.3 is 0 Å². The zero-order valence-electron chi connectivity index (χ0n) is 18.6. The predicted octanol–water partition coefficient (Wildman–Crippen LogP) is 5.11. The quantitative estimate of drug-likeness (QED) is 0.245. The zero-order chi connectivity index (χ0) is 23.9. The third-order valence-corrected chi connectivity index (χ3v) is 5.54. The topological polar surface area (TPSA) is 120 Å². The van der Waals surface area contributed by atoms with Gasteiger partial charge < -0.3 is 18.9 Å². The first-order chi connectivity index (χ1) is 16.6. The van der Waals surface area contributed by atoms with Gasteiger partial charge in [0.2, 0.25) is 11.1 Å². The van der Waals surface area contributed by atoms with Crippen molar-refractivity contribution in [3.05, 3.63) is 60.6 Å². The molecule has 174 valence electrons. The highest BCUT2D eigenvalue weighted by Gasteiger charge is 2.19. The number of rotatable bonds is 10. The normalized spacial score (nSPS) is 10.8. The second kappa shape index (κ2) is 10.8. The molecular weight excluding hydrogens is 456 g/mol. The fourth-order valence-electron chi connectivity index (χ4n) is 3.07. The SMILES string of the molecule is CCOc1ccc(C(=O)CSc2nnc(-c3ccco3)c(-c3ccco3)n2)cc1NC(=O)CC. The molecule has 0 unspecified atom stereocenters. The van der Waals surface area contributed by atoms with Crippen LogP contribution in [0.5, 0.6) is 5.75 Å². The van der Waals surface area contributed by atoms with E-state index in [0.29, 0.717) is 58.1 Å². The molecule has 0 aliphatic carbocycles. The molecule has 0 bridgehead atoms. The molecule has 0 spiro atoms. The van der Waals surface area contributed by atoms with Crippen LogP contribution < -0.4 is 10.1 Å². The van der Waals surface area contributed by atoms with Gasteiger partial charge in [0.25, 0.3) is 0 Å². The molecule has 0 atom stereocenters. The summed E-state index contributed by atoms with van der Waals surface area (Å²) in [4.78, 5) is 29.3. The maximum Gasteiger partial charge on any atom is 0.224 e. The first-order valence-electron chi connectivity index (χ1n) is 10.6. The molecule has 3 heterocycles. The van der Waals surface area contributed by atoms with E-state index in [2.05, 4.69) is 20.5 Å². The Hall–Kier alpha value is -3.92. The number of thioether (sulfide) groups is 1. The largest absolute Gasteiger partial charge is 0.492 e. The molecule has 1 N–H and O–H groups in total. The smallest absolute Gasteiger partial charge is 0.224 e.